The summed E-state index contributed by atoms with van der Waals surface area (Å²) in [4.78, 5) is 0. The van der Waals surface area contributed by atoms with Crippen molar-refractivity contribution in [3.8, 4) is 5.75 Å². The molecule has 0 aliphatic heterocycles. The predicted molar refractivity (Wildman–Crippen MR) is 89.8 cm³/mol. The number of ether oxygens (including phenoxy) is 1. The van der Waals surface area contributed by atoms with Gasteiger partial charge in [0.15, 0.2) is 0 Å². The zero-order chi connectivity index (χ0) is 15.3. The van der Waals surface area contributed by atoms with Gasteiger partial charge in [-0.15, -0.1) is 0 Å². The van der Waals surface area contributed by atoms with Crippen LogP contribution in [0.5, 0.6) is 5.75 Å². The third kappa shape index (κ3) is 4.00. The zero-order valence-corrected chi connectivity index (χ0v) is 14.1. The Bertz CT molecular complexity index is 424. The van der Waals surface area contributed by atoms with E-state index in [1.807, 2.05) is 0 Å². The Morgan fingerprint density at radius 3 is 2.52 bits per heavy atom. The lowest BCUT2D eigenvalue weighted by Crippen LogP contribution is -2.37. The van der Waals surface area contributed by atoms with Crippen molar-refractivity contribution >= 4 is 0 Å². The number of nitrogens with one attached hydrogen (secondary N) is 1. The van der Waals surface area contributed by atoms with Crippen LogP contribution in [0.15, 0.2) is 24.3 Å². The van der Waals surface area contributed by atoms with Gasteiger partial charge in [-0.05, 0) is 55.3 Å². The van der Waals surface area contributed by atoms with Crippen LogP contribution in [-0.4, -0.2) is 13.7 Å². The number of hydrogen-bond donors (Lipinski definition) is 1. The molecule has 0 spiro atoms. The molecule has 1 fully saturated rings. The standard InChI is InChI=1S/C19H31NO/c1-5-14-21-16-11-9-15(10-12-16)18(20-4)17-8-6-7-13-19(17,2)3/h9-12,17-18,20H,5-8,13-14H2,1-4H3. The lowest BCUT2D eigenvalue weighted by Gasteiger charge is -2.43. The fourth-order valence-electron chi connectivity index (χ4n) is 3.73. The van der Waals surface area contributed by atoms with Crippen molar-refractivity contribution in [1.29, 1.82) is 0 Å². The topological polar surface area (TPSA) is 21.3 Å². The molecule has 1 aromatic rings. The average Bonchev–Trinajstić information content (AvgIpc) is 2.48. The van der Waals surface area contributed by atoms with E-state index in [9.17, 15) is 0 Å². The highest BCUT2D eigenvalue weighted by molar-refractivity contribution is 5.30. The van der Waals surface area contributed by atoms with Gasteiger partial charge < -0.3 is 10.1 Å². The molecule has 0 amide bonds. The third-order valence-electron chi connectivity index (χ3n) is 5.02. The van der Waals surface area contributed by atoms with Crippen molar-refractivity contribution in [2.45, 2.75) is 58.9 Å². The van der Waals surface area contributed by atoms with E-state index in [1.165, 1.54) is 31.2 Å². The molecule has 0 saturated heterocycles. The van der Waals surface area contributed by atoms with E-state index in [4.69, 9.17) is 4.74 Å². The maximum Gasteiger partial charge on any atom is 0.119 e. The van der Waals surface area contributed by atoms with Crippen molar-refractivity contribution in [2.24, 2.45) is 11.3 Å². The van der Waals surface area contributed by atoms with E-state index in [0.29, 0.717) is 17.4 Å². The number of benzene rings is 1. The largest absolute Gasteiger partial charge is 0.494 e. The molecular weight excluding hydrogens is 258 g/mol. The van der Waals surface area contributed by atoms with Gasteiger partial charge >= 0.3 is 0 Å². The summed E-state index contributed by atoms with van der Waals surface area (Å²) in [5.74, 6) is 1.69. The van der Waals surface area contributed by atoms with Crippen LogP contribution in [0, 0.1) is 11.3 Å². The van der Waals surface area contributed by atoms with E-state index in [2.05, 4.69) is 57.4 Å². The first-order valence-corrected chi connectivity index (χ1v) is 8.48. The van der Waals surface area contributed by atoms with Crippen molar-refractivity contribution in [1.82, 2.24) is 5.32 Å². The molecule has 2 heteroatoms. The van der Waals surface area contributed by atoms with Gasteiger partial charge in [0, 0.05) is 6.04 Å². The zero-order valence-electron chi connectivity index (χ0n) is 14.1. The maximum absolute atomic E-state index is 5.69. The highest BCUT2D eigenvalue weighted by Gasteiger charge is 2.37. The van der Waals surface area contributed by atoms with Crippen LogP contribution in [0.1, 0.15) is 64.5 Å². The highest BCUT2D eigenvalue weighted by atomic mass is 16.5. The molecule has 1 N–H and O–H groups in total. The molecule has 2 nitrogen and oxygen atoms in total. The lowest BCUT2D eigenvalue weighted by atomic mass is 9.65. The summed E-state index contributed by atoms with van der Waals surface area (Å²) >= 11 is 0. The monoisotopic (exact) mass is 289 g/mol. The Morgan fingerprint density at radius 1 is 1.24 bits per heavy atom. The van der Waals surface area contributed by atoms with Crippen LogP contribution in [0.25, 0.3) is 0 Å². The summed E-state index contributed by atoms with van der Waals surface area (Å²) < 4.78 is 5.69. The molecule has 1 aromatic carbocycles. The second-order valence-electron chi connectivity index (χ2n) is 7.02. The molecular formula is C19H31NO. The van der Waals surface area contributed by atoms with E-state index < -0.39 is 0 Å². The molecule has 21 heavy (non-hydrogen) atoms. The Kier molecular flexibility index (Phi) is 5.69. The van der Waals surface area contributed by atoms with Gasteiger partial charge in [0.25, 0.3) is 0 Å². The third-order valence-corrected chi connectivity index (χ3v) is 5.02. The molecule has 0 bridgehead atoms. The molecule has 0 radical (unpaired) electrons. The molecule has 2 unspecified atom stereocenters. The smallest absolute Gasteiger partial charge is 0.119 e. The summed E-state index contributed by atoms with van der Waals surface area (Å²) in [6.07, 6.45) is 6.46. The first kappa shape index (κ1) is 16.4. The number of rotatable bonds is 6. The van der Waals surface area contributed by atoms with E-state index in [0.717, 1.165) is 18.8 Å². The van der Waals surface area contributed by atoms with E-state index in [1.54, 1.807) is 0 Å². The Hall–Kier alpha value is -1.02. The minimum atomic E-state index is 0.420. The SMILES string of the molecule is CCCOc1ccc(C(NC)C2CCCCC2(C)C)cc1. The van der Waals surface area contributed by atoms with Gasteiger partial charge in [0.05, 0.1) is 6.61 Å². The molecule has 2 rings (SSSR count). The molecule has 118 valence electrons. The summed E-state index contributed by atoms with van der Waals surface area (Å²) in [5.41, 5.74) is 1.81. The molecule has 0 aromatic heterocycles. The van der Waals surface area contributed by atoms with E-state index in [-0.39, 0.29) is 0 Å². The second kappa shape index (κ2) is 7.31. The molecule has 0 heterocycles. The van der Waals surface area contributed by atoms with Gasteiger partial charge in [-0.3, -0.25) is 0 Å². The van der Waals surface area contributed by atoms with Crippen LogP contribution in [0.4, 0.5) is 0 Å². The van der Waals surface area contributed by atoms with Crippen LogP contribution in [0.3, 0.4) is 0 Å². The fraction of sp³-hybridized carbons (Fsp3) is 0.684. The van der Waals surface area contributed by atoms with Gasteiger partial charge in [0.1, 0.15) is 5.75 Å². The van der Waals surface area contributed by atoms with Gasteiger partial charge in [-0.25, -0.2) is 0 Å². The summed E-state index contributed by atoms with van der Waals surface area (Å²) in [6, 6.07) is 9.14. The maximum atomic E-state index is 5.69. The Morgan fingerprint density at radius 2 is 1.95 bits per heavy atom. The van der Waals surface area contributed by atoms with Gasteiger partial charge in [-0.1, -0.05) is 45.7 Å². The molecule has 2 atom stereocenters. The molecule has 1 aliphatic rings. The summed E-state index contributed by atoms with van der Waals surface area (Å²) in [6.45, 7) is 7.79. The van der Waals surface area contributed by atoms with Crippen LogP contribution < -0.4 is 10.1 Å². The van der Waals surface area contributed by atoms with Gasteiger partial charge in [-0.2, -0.15) is 0 Å². The molecule has 1 aliphatic carbocycles. The summed E-state index contributed by atoms with van der Waals surface area (Å²) in [5, 5.41) is 3.57. The number of hydrogen-bond acceptors (Lipinski definition) is 2. The molecule has 1 saturated carbocycles. The van der Waals surface area contributed by atoms with Gasteiger partial charge in [0.2, 0.25) is 0 Å². The highest BCUT2D eigenvalue weighted by Crippen LogP contribution is 2.46. The van der Waals surface area contributed by atoms with Crippen molar-refractivity contribution in [3.05, 3.63) is 29.8 Å². The predicted octanol–water partition coefficient (Wildman–Crippen LogP) is 4.95. The fourth-order valence-corrected chi connectivity index (χ4v) is 3.73. The van der Waals surface area contributed by atoms with Crippen LogP contribution in [0.2, 0.25) is 0 Å². The van der Waals surface area contributed by atoms with Crippen molar-refractivity contribution < 1.29 is 4.74 Å². The minimum absolute atomic E-state index is 0.420. The minimum Gasteiger partial charge on any atom is -0.494 e. The first-order valence-electron chi connectivity index (χ1n) is 8.48. The summed E-state index contributed by atoms with van der Waals surface area (Å²) in [7, 11) is 2.09. The lowest BCUT2D eigenvalue weighted by molar-refractivity contribution is 0.101. The quantitative estimate of drug-likeness (QED) is 0.800. The van der Waals surface area contributed by atoms with Crippen molar-refractivity contribution in [2.75, 3.05) is 13.7 Å². The normalized spacial score (nSPS) is 22.8. The Balaban J connectivity index is 2.13. The van der Waals surface area contributed by atoms with Crippen LogP contribution >= 0.6 is 0 Å². The second-order valence-corrected chi connectivity index (χ2v) is 7.02. The average molecular weight is 289 g/mol. The van der Waals surface area contributed by atoms with E-state index >= 15 is 0 Å². The van der Waals surface area contributed by atoms with Crippen LogP contribution in [-0.2, 0) is 0 Å². The Labute approximate surface area is 130 Å². The van der Waals surface area contributed by atoms with Crippen molar-refractivity contribution in [3.63, 3.8) is 0 Å². The first-order chi connectivity index (χ1) is 10.1.